The minimum atomic E-state index is -0.641. The first-order chi connectivity index (χ1) is 8.63. The highest BCUT2D eigenvalue weighted by molar-refractivity contribution is 5.31. The summed E-state index contributed by atoms with van der Waals surface area (Å²) in [6.07, 6.45) is 0.887. The second-order valence-electron chi connectivity index (χ2n) is 4.38. The Hall–Kier alpha value is -1.06. The quantitative estimate of drug-likeness (QED) is 0.809. The number of methoxy groups -OCH3 is 1. The third-order valence-electron chi connectivity index (χ3n) is 3.59. The van der Waals surface area contributed by atoms with E-state index in [1.165, 1.54) is 0 Å². The number of aliphatic hydroxyl groups is 1. The lowest BCUT2D eigenvalue weighted by molar-refractivity contribution is -0.109. The third-order valence-corrected chi connectivity index (χ3v) is 3.59. The molecule has 1 rings (SSSR count). The van der Waals surface area contributed by atoms with Crippen molar-refractivity contribution in [3.8, 4) is 5.75 Å². The summed E-state index contributed by atoms with van der Waals surface area (Å²) in [7, 11) is 1.66. The zero-order chi connectivity index (χ0) is 13.6. The van der Waals surface area contributed by atoms with Crippen molar-refractivity contribution in [2.45, 2.75) is 45.3 Å². The second kappa shape index (κ2) is 6.76. The number of aliphatic hydroxyl groups excluding tert-OH is 1. The molecule has 0 bridgehead atoms. The Morgan fingerprint density at radius 2 is 1.89 bits per heavy atom. The van der Waals surface area contributed by atoms with Crippen LogP contribution in [0.2, 0.25) is 0 Å². The average molecular weight is 252 g/mol. The van der Waals surface area contributed by atoms with Crippen molar-refractivity contribution >= 4 is 0 Å². The third kappa shape index (κ3) is 3.03. The summed E-state index contributed by atoms with van der Waals surface area (Å²) in [6, 6.07) is 7.58. The van der Waals surface area contributed by atoms with E-state index in [9.17, 15) is 5.11 Å². The van der Waals surface area contributed by atoms with Crippen LogP contribution in [0.5, 0.6) is 5.75 Å². The molecule has 0 radical (unpaired) electrons. The number of rotatable bonds is 7. The van der Waals surface area contributed by atoms with Crippen molar-refractivity contribution in [1.29, 1.82) is 0 Å². The minimum absolute atomic E-state index is 0.523. The monoisotopic (exact) mass is 252 g/mol. The molecule has 1 unspecified atom stereocenters. The van der Waals surface area contributed by atoms with Crippen LogP contribution in [-0.4, -0.2) is 24.4 Å². The van der Waals surface area contributed by atoms with E-state index in [0.717, 1.165) is 24.2 Å². The molecule has 1 atom stereocenters. The largest absolute Gasteiger partial charge is 0.494 e. The van der Waals surface area contributed by atoms with Crippen LogP contribution < -0.4 is 4.74 Å². The highest BCUT2D eigenvalue weighted by atomic mass is 16.5. The van der Waals surface area contributed by atoms with Crippen LogP contribution in [0.1, 0.15) is 45.3 Å². The van der Waals surface area contributed by atoms with Crippen molar-refractivity contribution < 1.29 is 14.6 Å². The van der Waals surface area contributed by atoms with E-state index < -0.39 is 11.7 Å². The maximum Gasteiger partial charge on any atom is 0.119 e. The lowest BCUT2D eigenvalue weighted by atomic mass is 9.86. The summed E-state index contributed by atoms with van der Waals surface area (Å²) in [5.41, 5.74) is 0.316. The number of ether oxygens (including phenoxy) is 2. The van der Waals surface area contributed by atoms with E-state index in [1.54, 1.807) is 7.11 Å². The van der Waals surface area contributed by atoms with Gasteiger partial charge in [0.25, 0.3) is 0 Å². The Balaban J connectivity index is 3.01. The molecule has 0 spiro atoms. The predicted octanol–water partition coefficient (Wildman–Crippen LogP) is 3.32. The van der Waals surface area contributed by atoms with Gasteiger partial charge < -0.3 is 14.6 Å². The van der Waals surface area contributed by atoms with Crippen molar-refractivity contribution in [2.24, 2.45) is 0 Å². The summed E-state index contributed by atoms with van der Waals surface area (Å²) in [6.45, 7) is 6.63. The van der Waals surface area contributed by atoms with Gasteiger partial charge in [0.05, 0.1) is 12.2 Å². The molecular formula is C15H24O3. The Labute approximate surface area is 110 Å². The number of hydrogen-bond acceptors (Lipinski definition) is 3. The molecule has 1 aromatic rings. The molecule has 0 saturated carbocycles. The van der Waals surface area contributed by atoms with Gasteiger partial charge in [-0.1, -0.05) is 26.0 Å². The molecule has 0 fully saturated rings. The summed E-state index contributed by atoms with van der Waals surface area (Å²) in [4.78, 5) is 0. The molecule has 3 heteroatoms. The van der Waals surface area contributed by atoms with Crippen molar-refractivity contribution in [3.63, 3.8) is 0 Å². The van der Waals surface area contributed by atoms with Gasteiger partial charge in [0.2, 0.25) is 0 Å². The van der Waals surface area contributed by atoms with Crippen LogP contribution >= 0.6 is 0 Å². The first-order valence-electron chi connectivity index (χ1n) is 6.59. The van der Waals surface area contributed by atoms with E-state index in [-0.39, 0.29) is 0 Å². The van der Waals surface area contributed by atoms with Crippen molar-refractivity contribution in [3.05, 3.63) is 29.8 Å². The maximum atomic E-state index is 10.5. The summed E-state index contributed by atoms with van der Waals surface area (Å²) >= 11 is 0. The van der Waals surface area contributed by atoms with Crippen LogP contribution in [0.25, 0.3) is 0 Å². The Morgan fingerprint density at radius 1 is 1.22 bits per heavy atom. The van der Waals surface area contributed by atoms with E-state index in [1.807, 2.05) is 45.0 Å². The maximum absolute atomic E-state index is 10.5. The molecule has 0 aliphatic heterocycles. The molecule has 1 N–H and O–H groups in total. The topological polar surface area (TPSA) is 38.7 Å². The van der Waals surface area contributed by atoms with E-state index >= 15 is 0 Å². The van der Waals surface area contributed by atoms with E-state index in [0.29, 0.717) is 6.61 Å². The Kier molecular flexibility index (Phi) is 5.63. The SMILES string of the molecule is CCOc1cccc(C(O)C(CC)(CC)OC)c1. The fourth-order valence-electron chi connectivity index (χ4n) is 2.28. The van der Waals surface area contributed by atoms with Crippen LogP contribution in [0, 0.1) is 0 Å². The van der Waals surface area contributed by atoms with E-state index in [2.05, 4.69) is 0 Å². The van der Waals surface area contributed by atoms with Crippen LogP contribution in [0.15, 0.2) is 24.3 Å². The minimum Gasteiger partial charge on any atom is -0.494 e. The number of hydrogen-bond donors (Lipinski definition) is 1. The van der Waals surface area contributed by atoms with Crippen LogP contribution in [0.3, 0.4) is 0 Å². The smallest absolute Gasteiger partial charge is 0.119 e. The molecule has 3 nitrogen and oxygen atoms in total. The predicted molar refractivity (Wildman–Crippen MR) is 72.9 cm³/mol. The molecule has 0 saturated heterocycles. The zero-order valence-corrected chi connectivity index (χ0v) is 11.8. The summed E-state index contributed by atoms with van der Waals surface area (Å²) in [5, 5.41) is 10.5. The lowest BCUT2D eigenvalue weighted by Gasteiger charge is -2.35. The molecule has 0 aromatic heterocycles. The van der Waals surface area contributed by atoms with Crippen molar-refractivity contribution in [2.75, 3.05) is 13.7 Å². The first kappa shape index (κ1) is 15.0. The molecule has 18 heavy (non-hydrogen) atoms. The molecular weight excluding hydrogens is 228 g/mol. The Bertz CT molecular complexity index is 350. The van der Waals surface area contributed by atoms with Gasteiger partial charge in [0, 0.05) is 7.11 Å². The van der Waals surface area contributed by atoms with Gasteiger partial charge >= 0.3 is 0 Å². The zero-order valence-electron chi connectivity index (χ0n) is 11.8. The van der Waals surface area contributed by atoms with Gasteiger partial charge in [0.1, 0.15) is 11.9 Å². The highest BCUT2D eigenvalue weighted by Crippen LogP contribution is 2.35. The summed E-state index contributed by atoms with van der Waals surface area (Å²) in [5.74, 6) is 0.784. The molecule has 1 aromatic carbocycles. The average Bonchev–Trinajstić information content (AvgIpc) is 2.42. The van der Waals surface area contributed by atoms with Crippen LogP contribution in [0.4, 0.5) is 0 Å². The van der Waals surface area contributed by atoms with Gasteiger partial charge in [-0.15, -0.1) is 0 Å². The van der Waals surface area contributed by atoms with Crippen molar-refractivity contribution in [1.82, 2.24) is 0 Å². The Morgan fingerprint density at radius 3 is 2.39 bits per heavy atom. The molecule has 0 amide bonds. The highest BCUT2D eigenvalue weighted by Gasteiger charge is 2.35. The normalized spacial score (nSPS) is 13.4. The number of benzene rings is 1. The lowest BCUT2D eigenvalue weighted by Crippen LogP contribution is -2.37. The van der Waals surface area contributed by atoms with Crippen LogP contribution in [-0.2, 0) is 4.74 Å². The standard InChI is InChI=1S/C15H24O3/c1-5-15(6-2,17-4)14(16)12-9-8-10-13(11-12)18-7-3/h8-11,14,16H,5-7H2,1-4H3. The van der Waals surface area contributed by atoms with E-state index in [4.69, 9.17) is 9.47 Å². The fraction of sp³-hybridized carbons (Fsp3) is 0.600. The van der Waals surface area contributed by atoms with Gasteiger partial charge in [-0.25, -0.2) is 0 Å². The first-order valence-corrected chi connectivity index (χ1v) is 6.59. The van der Waals surface area contributed by atoms with Gasteiger partial charge in [-0.2, -0.15) is 0 Å². The molecule has 102 valence electrons. The van der Waals surface area contributed by atoms with Gasteiger partial charge in [-0.05, 0) is 37.5 Å². The molecule has 0 heterocycles. The molecule has 0 aliphatic rings. The molecule has 0 aliphatic carbocycles. The second-order valence-corrected chi connectivity index (χ2v) is 4.38. The summed E-state index contributed by atoms with van der Waals surface area (Å²) < 4.78 is 11.0. The van der Waals surface area contributed by atoms with Gasteiger partial charge in [-0.3, -0.25) is 0 Å². The van der Waals surface area contributed by atoms with Gasteiger partial charge in [0.15, 0.2) is 0 Å². The fourth-order valence-corrected chi connectivity index (χ4v) is 2.28.